The molecular weight excluding hydrogens is 457 g/mol. The molecule has 0 unspecified atom stereocenters. The number of hydrogen-bond acceptors (Lipinski definition) is 4. The summed E-state index contributed by atoms with van der Waals surface area (Å²) in [7, 11) is 0. The molecule has 1 heterocycles. The molecule has 0 saturated heterocycles. The van der Waals surface area contributed by atoms with Gasteiger partial charge in [0.2, 0.25) is 0 Å². The van der Waals surface area contributed by atoms with E-state index in [4.69, 9.17) is 21.1 Å². The number of nitrogens with one attached hydrogen (secondary N) is 1. The lowest BCUT2D eigenvalue weighted by Gasteiger charge is -2.12. The molecule has 0 aliphatic rings. The van der Waals surface area contributed by atoms with E-state index in [0.29, 0.717) is 23.8 Å². The number of ether oxygens (including phenoxy) is 2. The maximum absolute atomic E-state index is 13.5. The van der Waals surface area contributed by atoms with E-state index in [0.717, 1.165) is 5.56 Å². The van der Waals surface area contributed by atoms with Crippen LogP contribution in [0.1, 0.15) is 11.3 Å². The lowest BCUT2D eigenvalue weighted by atomic mass is 10.1. The lowest BCUT2D eigenvalue weighted by molar-refractivity contribution is -0.142. The Balaban J connectivity index is 1.56. The van der Waals surface area contributed by atoms with Crippen molar-refractivity contribution in [1.82, 2.24) is 10.2 Å². The SMILES string of the molecule is Oc1cc(OCCc2ccc(Cl)cc2)ccc1-c1n[nH]c(C(F)(F)F)c1Oc1ccccc1. The minimum atomic E-state index is -4.73. The van der Waals surface area contributed by atoms with Crippen molar-refractivity contribution in [1.29, 1.82) is 0 Å². The van der Waals surface area contributed by atoms with Crippen molar-refractivity contribution in [3.63, 3.8) is 0 Å². The van der Waals surface area contributed by atoms with Gasteiger partial charge in [-0.2, -0.15) is 18.3 Å². The first-order chi connectivity index (χ1) is 15.8. The third kappa shape index (κ3) is 5.40. The standard InChI is InChI=1S/C24H18ClF3N2O3/c25-16-8-6-15(7-9-16)12-13-32-18-10-11-19(20(31)14-18)21-22(23(30-29-21)24(26,27)28)33-17-4-2-1-3-5-17/h1-11,14,31H,12-13H2,(H,29,30). The molecule has 3 aromatic carbocycles. The molecule has 2 N–H and O–H groups in total. The number of phenols is 1. The Labute approximate surface area is 192 Å². The first-order valence-electron chi connectivity index (χ1n) is 9.90. The summed E-state index contributed by atoms with van der Waals surface area (Å²) in [6.45, 7) is 0.337. The summed E-state index contributed by atoms with van der Waals surface area (Å²) in [5, 5.41) is 16.9. The third-order valence-corrected chi connectivity index (χ3v) is 5.02. The third-order valence-electron chi connectivity index (χ3n) is 4.77. The van der Waals surface area contributed by atoms with Crippen molar-refractivity contribution >= 4 is 11.6 Å². The van der Waals surface area contributed by atoms with E-state index in [1.807, 2.05) is 17.2 Å². The second kappa shape index (κ2) is 9.46. The fraction of sp³-hybridized carbons (Fsp3) is 0.125. The van der Waals surface area contributed by atoms with Crippen LogP contribution >= 0.6 is 11.6 Å². The van der Waals surface area contributed by atoms with Crippen molar-refractivity contribution in [2.45, 2.75) is 12.6 Å². The van der Waals surface area contributed by atoms with Crippen molar-refractivity contribution in [3.05, 3.63) is 89.1 Å². The molecule has 0 bridgehead atoms. The van der Waals surface area contributed by atoms with E-state index in [-0.39, 0.29) is 22.8 Å². The van der Waals surface area contributed by atoms with E-state index in [2.05, 4.69) is 5.10 Å². The summed E-state index contributed by atoms with van der Waals surface area (Å²) >= 11 is 5.87. The van der Waals surface area contributed by atoms with Gasteiger partial charge < -0.3 is 14.6 Å². The smallest absolute Gasteiger partial charge is 0.436 e. The number of nitrogens with zero attached hydrogens (tertiary/aromatic N) is 1. The van der Waals surface area contributed by atoms with Gasteiger partial charge in [-0.1, -0.05) is 41.9 Å². The molecule has 33 heavy (non-hydrogen) atoms. The predicted molar refractivity (Wildman–Crippen MR) is 118 cm³/mol. The number of rotatable bonds is 7. The molecule has 0 fully saturated rings. The summed E-state index contributed by atoms with van der Waals surface area (Å²) in [5.74, 6) is -0.257. The molecule has 0 aliphatic heterocycles. The molecule has 4 rings (SSSR count). The Kier molecular flexibility index (Phi) is 6.46. The van der Waals surface area contributed by atoms with Gasteiger partial charge in [0, 0.05) is 23.1 Å². The Morgan fingerprint density at radius 2 is 1.67 bits per heavy atom. The predicted octanol–water partition coefficient (Wildman–Crippen LogP) is 6.87. The molecule has 5 nitrogen and oxygen atoms in total. The van der Waals surface area contributed by atoms with Crippen molar-refractivity contribution in [2.24, 2.45) is 0 Å². The van der Waals surface area contributed by atoms with Gasteiger partial charge in [0.15, 0.2) is 11.4 Å². The summed E-state index contributed by atoms with van der Waals surface area (Å²) in [6.07, 6.45) is -4.11. The van der Waals surface area contributed by atoms with E-state index in [1.54, 1.807) is 36.4 Å². The second-order valence-corrected chi connectivity index (χ2v) is 7.53. The Bertz CT molecular complexity index is 1230. The number of benzene rings is 3. The highest BCUT2D eigenvalue weighted by molar-refractivity contribution is 6.30. The fourth-order valence-corrected chi connectivity index (χ4v) is 3.28. The molecule has 1 aromatic heterocycles. The number of phenolic OH excluding ortho intramolecular Hbond substituents is 1. The van der Waals surface area contributed by atoms with E-state index >= 15 is 0 Å². The van der Waals surface area contributed by atoms with Crippen LogP contribution in [0.2, 0.25) is 5.02 Å². The monoisotopic (exact) mass is 474 g/mol. The number of halogens is 4. The van der Waals surface area contributed by atoms with Crippen LogP contribution in [0.15, 0.2) is 72.8 Å². The number of aromatic amines is 1. The van der Waals surface area contributed by atoms with Crippen molar-refractivity contribution < 1.29 is 27.8 Å². The Morgan fingerprint density at radius 3 is 2.33 bits per heavy atom. The number of aromatic nitrogens is 2. The minimum Gasteiger partial charge on any atom is -0.507 e. The van der Waals surface area contributed by atoms with Gasteiger partial charge in [0.1, 0.15) is 22.9 Å². The van der Waals surface area contributed by atoms with Crippen molar-refractivity contribution in [2.75, 3.05) is 6.61 Å². The van der Waals surface area contributed by atoms with E-state index in [9.17, 15) is 18.3 Å². The van der Waals surface area contributed by atoms with Gasteiger partial charge in [0.05, 0.1) is 6.61 Å². The molecule has 0 spiro atoms. The molecule has 0 saturated carbocycles. The number of hydrogen-bond donors (Lipinski definition) is 2. The fourth-order valence-electron chi connectivity index (χ4n) is 3.15. The molecule has 170 valence electrons. The molecule has 9 heteroatoms. The molecule has 0 amide bonds. The maximum atomic E-state index is 13.5. The average Bonchev–Trinajstić information content (AvgIpc) is 3.20. The molecule has 0 aliphatic carbocycles. The largest absolute Gasteiger partial charge is 0.507 e. The van der Waals surface area contributed by atoms with E-state index in [1.165, 1.54) is 24.3 Å². The zero-order chi connectivity index (χ0) is 23.4. The Hall–Kier alpha value is -3.65. The maximum Gasteiger partial charge on any atom is 0.436 e. The van der Waals surface area contributed by atoms with Gasteiger partial charge in [0.25, 0.3) is 0 Å². The number of aromatic hydroxyl groups is 1. The summed E-state index contributed by atoms with van der Waals surface area (Å²) in [6, 6.07) is 19.7. The van der Waals surface area contributed by atoms with Crippen LogP contribution in [0.25, 0.3) is 11.3 Å². The van der Waals surface area contributed by atoms with Crippen LogP contribution in [0.4, 0.5) is 13.2 Å². The summed E-state index contributed by atoms with van der Waals surface area (Å²) < 4.78 is 51.7. The Morgan fingerprint density at radius 1 is 0.939 bits per heavy atom. The second-order valence-electron chi connectivity index (χ2n) is 7.09. The highest BCUT2D eigenvalue weighted by Gasteiger charge is 2.39. The first-order valence-corrected chi connectivity index (χ1v) is 10.3. The zero-order valence-corrected chi connectivity index (χ0v) is 17.8. The van der Waals surface area contributed by atoms with Gasteiger partial charge >= 0.3 is 6.18 Å². The first kappa shape index (κ1) is 22.5. The zero-order valence-electron chi connectivity index (χ0n) is 17.1. The lowest BCUT2D eigenvalue weighted by Crippen LogP contribution is -2.07. The molecular formula is C24H18ClF3N2O3. The molecule has 0 atom stereocenters. The van der Waals surface area contributed by atoms with Crippen LogP contribution in [0.5, 0.6) is 23.0 Å². The number of alkyl halides is 3. The average molecular weight is 475 g/mol. The molecule has 4 aromatic rings. The van der Waals surface area contributed by atoms with Crippen LogP contribution in [0.3, 0.4) is 0 Å². The van der Waals surface area contributed by atoms with Gasteiger partial charge in [-0.05, 0) is 42.0 Å². The summed E-state index contributed by atoms with van der Waals surface area (Å²) in [4.78, 5) is 0. The van der Waals surface area contributed by atoms with Crippen LogP contribution in [-0.4, -0.2) is 21.9 Å². The molecule has 0 radical (unpaired) electrons. The van der Waals surface area contributed by atoms with Crippen molar-refractivity contribution in [3.8, 4) is 34.3 Å². The van der Waals surface area contributed by atoms with Crippen LogP contribution < -0.4 is 9.47 Å². The van der Waals surface area contributed by atoms with Crippen LogP contribution in [0, 0.1) is 0 Å². The van der Waals surface area contributed by atoms with E-state index < -0.39 is 17.6 Å². The minimum absolute atomic E-state index is 0.0673. The quantitative estimate of drug-likeness (QED) is 0.307. The summed E-state index contributed by atoms with van der Waals surface area (Å²) in [5.41, 5.74) is -0.225. The normalized spacial score (nSPS) is 11.4. The highest BCUT2D eigenvalue weighted by Crippen LogP contribution is 2.44. The van der Waals surface area contributed by atoms with Gasteiger partial charge in [-0.15, -0.1) is 0 Å². The number of H-pyrrole nitrogens is 1. The number of para-hydroxylation sites is 1. The van der Waals surface area contributed by atoms with Gasteiger partial charge in [-0.25, -0.2) is 0 Å². The highest BCUT2D eigenvalue weighted by atomic mass is 35.5. The van der Waals surface area contributed by atoms with Gasteiger partial charge in [-0.3, -0.25) is 5.10 Å². The topological polar surface area (TPSA) is 67.4 Å². The van der Waals surface area contributed by atoms with Crippen LogP contribution in [-0.2, 0) is 12.6 Å².